The van der Waals surface area contributed by atoms with Gasteiger partial charge in [-0.25, -0.2) is 0 Å². The Kier molecular flexibility index (Phi) is 2.87. The molecule has 1 spiro atoms. The fourth-order valence-electron chi connectivity index (χ4n) is 7.75. The van der Waals surface area contributed by atoms with Gasteiger partial charge in [0.2, 0.25) is 0 Å². The highest BCUT2D eigenvalue weighted by molar-refractivity contribution is 5.67. The predicted molar refractivity (Wildman–Crippen MR) is 105 cm³/mol. The normalized spacial score (nSPS) is 38.7. The number of methoxy groups -OCH3 is 1. The summed E-state index contributed by atoms with van der Waals surface area (Å²) in [7, 11) is 1.66. The van der Waals surface area contributed by atoms with Gasteiger partial charge in [-0.3, -0.25) is 0 Å². The van der Waals surface area contributed by atoms with Gasteiger partial charge in [0.15, 0.2) is 0 Å². The second-order valence-corrected chi connectivity index (χ2v) is 9.14. The molecule has 0 heterocycles. The second-order valence-electron chi connectivity index (χ2n) is 9.14. The molecule has 6 rings (SSSR count). The lowest BCUT2D eigenvalue weighted by molar-refractivity contribution is 0.318. The fourth-order valence-corrected chi connectivity index (χ4v) is 7.75. The van der Waals surface area contributed by atoms with Crippen molar-refractivity contribution in [3.05, 3.63) is 65.2 Å². The van der Waals surface area contributed by atoms with Crippen molar-refractivity contribution in [2.75, 3.05) is 7.11 Å². The monoisotopic (exact) mass is 377 g/mol. The first-order chi connectivity index (χ1) is 14.1. The van der Waals surface area contributed by atoms with Crippen molar-refractivity contribution in [2.45, 2.75) is 30.1 Å². The molecule has 0 saturated heterocycles. The standard InChI is InChI=1S/C25H19N3O/c1-29-16-8-6-15(7-9-16)20-19-10-23(12-26,13-27)11-24(19)22-21(20)17-4-2-3-5-18(17)25(22,24)14-28/h2-9,19-22H,10-11H2,1H3/t19-,20-,21-,22-,24?,25?/m0/s1. The lowest BCUT2D eigenvalue weighted by Crippen LogP contribution is -2.23. The van der Waals surface area contributed by atoms with E-state index in [1.54, 1.807) is 7.11 Å². The molecule has 3 fully saturated rings. The van der Waals surface area contributed by atoms with Gasteiger partial charge in [0.25, 0.3) is 0 Å². The molecule has 0 radical (unpaired) electrons. The number of hydrogen-bond acceptors (Lipinski definition) is 4. The maximum Gasteiger partial charge on any atom is 0.144 e. The molecule has 140 valence electrons. The molecule has 0 amide bonds. The third-order valence-electron chi connectivity index (χ3n) is 8.53. The average molecular weight is 377 g/mol. The molecule has 4 heteroatoms. The highest BCUT2D eigenvalue weighted by Crippen LogP contribution is 2.94. The van der Waals surface area contributed by atoms with Crippen LogP contribution in [0, 0.1) is 56.7 Å². The number of fused-ring (bicyclic) bond motifs is 3. The molecule has 4 nitrogen and oxygen atoms in total. The second kappa shape index (κ2) is 5.00. The summed E-state index contributed by atoms with van der Waals surface area (Å²) >= 11 is 0. The Bertz CT molecular complexity index is 1170. The Labute approximate surface area is 170 Å². The summed E-state index contributed by atoms with van der Waals surface area (Å²) in [5.74, 6) is 1.69. The van der Waals surface area contributed by atoms with Gasteiger partial charge >= 0.3 is 0 Å². The Morgan fingerprint density at radius 3 is 2.31 bits per heavy atom. The van der Waals surface area contributed by atoms with Crippen LogP contribution < -0.4 is 4.74 Å². The van der Waals surface area contributed by atoms with Gasteiger partial charge in [-0.05, 0) is 65.3 Å². The summed E-state index contributed by atoms with van der Waals surface area (Å²) < 4.78 is 5.34. The van der Waals surface area contributed by atoms with Gasteiger partial charge < -0.3 is 4.74 Å². The molecule has 0 bridgehead atoms. The molecule has 2 aromatic rings. The SMILES string of the molecule is COc1ccc([C@@H]2[C@@H]3c4ccccc4C4(C#N)[C@@H]3C43CC(C#N)(C#N)C[C@@H]23)cc1. The van der Waals surface area contributed by atoms with Gasteiger partial charge in [-0.15, -0.1) is 0 Å². The number of hydrogen-bond donors (Lipinski definition) is 0. The van der Waals surface area contributed by atoms with Crippen molar-refractivity contribution in [1.29, 1.82) is 15.8 Å². The van der Waals surface area contributed by atoms with Gasteiger partial charge in [-0.1, -0.05) is 36.4 Å². The Morgan fingerprint density at radius 1 is 0.931 bits per heavy atom. The topological polar surface area (TPSA) is 80.6 Å². The van der Waals surface area contributed by atoms with Crippen molar-refractivity contribution in [3.8, 4) is 24.0 Å². The summed E-state index contributed by atoms with van der Waals surface area (Å²) in [5.41, 5.74) is 1.89. The summed E-state index contributed by atoms with van der Waals surface area (Å²) in [5, 5.41) is 30.1. The van der Waals surface area contributed by atoms with Crippen LogP contribution in [-0.4, -0.2) is 7.11 Å². The van der Waals surface area contributed by atoms with E-state index < -0.39 is 10.8 Å². The number of nitriles is 3. The molecule has 0 aromatic heterocycles. The molecule has 29 heavy (non-hydrogen) atoms. The van der Waals surface area contributed by atoms with Gasteiger partial charge in [-0.2, -0.15) is 15.8 Å². The van der Waals surface area contributed by atoms with Crippen LogP contribution in [0.5, 0.6) is 5.75 Å². The highest BCUT2D eigenvalue weighted by Gasteiger charge is 2.93. The zero-order valence-electron chi connectivity index (χ0n) is 16.1. The average Bonchev–Trinajstić information content (AvgIpc) is 3.00. The fraction of sp³-hybridized carbons (Fsp3) is 0.400. The van der Waals surface area contributed by atoms with Crippen molar-refractivity contribution < 1.29 is 4.74 Å². The summed E-state index contributed by atoms with van der Waals surface area (Å²) in [6, 6.07) is 23.9. The van der Waals surface area contributed by atoms with E-state index in [-0.39, 0.29) is 29.1 Å². The maximum absolute atomic E-state index is 10.4. The van der Waals surface area contributed by atoms with E-state index in [0.717, 1.165) is 11.3 Å². The minimum atomic E-state index is -0.983. The smallest absolute Gasteiger partial charge is 0.144 e. The van der Waals surface area contributed by atoms with Crippen molar-refractivity contribution in [3.63, 3.8) is 0 Å². The van der Waals surface area contributed by atoms with Crippen LogP contribution >= 0.6 is 0 Å². The molecule has 6 atom stereocenters. The number of nitrogens with zero attached hydrogens (tertiary/aromatic N) is 3. The first-order valence-electron chi connectivity index (χ1n) is 10.1. The van der Waals surface area contributed by atoms with E-state index >= 15 is 0 Å². The maximum atomic E-state index is 10.4. The first-order valence-corrected chi connectivity index (χ1v) is 10.1. The third-order valence-corrected chi connectivity index (χ3v) is 8.53. The van der Waals surface area contributed by atoms with Gasteiger partial charge in [0.1, 0.15) is 11.2 Å². The highest BCUT2D eigenvalue weighted by atomic mass is 16.5. The lowest BCUT2D eigenvalue weighted by Gasteiger charge is -2.28. The van der Waals surface area contributed by atoms with Crippen LogP contribution in [0.1, 0.15) is 41.4 Å². The van der Waals surface area contributed by atoms with Crippen LogP contribution in [0.25, 0.3) is 0 Å². The van der Waals surface area contributed by atoms with Gasteiger partial charge in [0.05, 0.1) is 30.7 Å². The van der Waals surface area contributed by atoms with E-state index in [1.165, 1.54) is 11.1 Å². The van der Waals surface area contributed by atoms with E-state index in [2.05, 4.69) is 48.5 Å². The van der Waals surface area contributed by atoms with Crippen LogP contribution in [0.2, 0.25) is 0 Å². The quantitative estimate of drug-likeness (QED) is 0.776. The molecule has 4 aliphatic rings. The van der Waals surface area contributed by atoms with E-state index in [4.69, 9.17) is 4.74 Å². The molecule has 2 aromatic carbocycles. The van der Waals surface area contributed by atoms with Crippen LogP contribution in [0.3, 0.4) is 0 Å². The minimum Gasteiger partial charge on any atom is -0.497 e. The van der Waals surface area contributed by atoms with E-state index in [0.29, 0.717) is 12.8 Å². The lowest BCUT2D eigenvalue weighted by atomic mass is 9.73. The van der Waals surface area contributed by atoms with Crippen LogP contribution in [0.4, 0.5) is 0 Å². The summed E-state index contributed by atoms with van der Waals surface area (Å²) in [4.78, 5) is 0. The molecule has 0 N–H and O–H groups in total. The Morgan fingerprint density at radius 2 is 1.66 bits per heavy atom. The molecule has 3 saturated carbocycles. The summed E-state index contributed by atoms with van der Waals surface area (Å²) in [6.45, 7) is 0. The largest absolute Gasteiger partial charge is 0.497 e. The van der Waals surface area contributed by atoms with Crippen molar-refractivity contribution in [1.82, 2.24) is 0 Å². The number of rotatable bonds is 2. The van der Waals surface area contributed by atoms with Crippen LogP contribution in [0.15, 0.2) is 48.5 Å². The molecule has 0 aliphatic heterocycles. The predicted octanol–water partition coefficient (Wildman–Crippen LogP) is 4.41. The van der Waals surface area contributed by atoms with E-state index in [9.17, 15) is 15.8 Å². The van der Waals surface area contributed by atoms with Crippen molar-refractivity contribution in [2.24, 2.45) is 22.7 Å². The third kappa shape index (κ3) is 1.55. The minimum absolute atomic E-state index is 0.164. The molecule has 4 aliphatic carbocycles. The Hall–Kier alpha value is -3.29. The Balaban J connectivity index is 1.58. The molecule has 2 unspecified atom stereocenters. The molecular weight excluding hydrogens is 358 g/mol. The number of ether oxygens (including phenoxy) is 1. The van der Waals surface area contributed by atoms with Crippen molar-refractivity contribution >= 4 is 0 Å². The molecular formula is C25H19N3O. The zero-order valence-corrected chi connectivity index (χ0v) is 16.1. The zero-order chi connectivity index (χ0) is 20.0. The first kappa shape index (κ1) is 16.6. The van der Waals surface area contributed by atoms with E-state index in [1.807, 2.05) is 18.2 Å². The van der Waals surface area contributed by atoms with Crippen LogP contribution in [-0.2, 0) is 5.41 Å². The number of benzene rings is 2. The summed E-state index contributed by atoms with van der Waals surface area (Å²) in [6.07, 6.45) is 1.08. The van der Waals surface area contributed by atoms with Gasteiger partial charge in [0, 0.05) is 5.41 Å².